The van der Waals surface area contributed by atoms with Crippen LogP contribution in [-0.4, -0.2) is 41.6 Å². The van der Waals surface area contributed by atoms with Gasteiger partial charge >= 0.3 is 0 Å². The van der Waals surface area contributed by atoms with Crippen LogP contribution in [0.25, 0.3) is 0 Å². The molecule has 1 aliphatic rings. The van der Waals surface area contributed by atoms with Gasteiger partial charge in [-0.2, -0.15) is 0 Å². The summed E-state index contributed by atoms with van der Waals surface area (Å²) in [5.74, 6) is -2.97. The number of hydrogen-bond acceptors (Lipinski definition) is 3. The van der Waals surface area contributed by atoms with Crippen molar-refractivity contribution in [2.24, 2.45) is 5.92 Å². The van der Waals surface area contributed by atoms with E-state index in [2.05, 4.69) is 16.9 Å². The smallest absolute Gasteiger partial charge is 0.199 e. The Balaban J connectivity index is 1.74. The molecule has 7 heteroatoms. The van der Waals surface area contributed by atoms with Gasteiger partial charge in [0.1, 0.15) is 0 Å². The van der Waals surface area contributed by atoms with Gasteiger partial charge < -0.3 is 9.88 Å². The number of nitrogens with one attached hydrogen (secondary N) is 1. The number of aromatic nitrogens is 1. The van der Waals surface area contributed by atoms with Gasteiger partial charge in [0.25, 0.3) is 0 Å². The largest absolute Gasteiger partial charge is 0.358 e. The van der Waals surface area contributed by atoms with Crippen molar-refractivity contribution in [3.05, 3.63) is 57.9 Å². The Labute approximate surface area is 155 Å². The van der Waals surface area contributed by atoms with E-state index in [-0.39, 0.29) is 16.4 Å². The highest BCUT2D eigenvalue weighted by Crippen LogP contribution is 2.26. The van der Waals surface area contributed by atoms with E-state index >= 15 is 0 Å². The van der Waals surface area contributed by atoms with E-state index in [1.54, 1.807) is 0 Å². The van der Waals surface area contributed by atoms with E-state index in [1.165, 1.54) is 12.3 Å². The Morgan fingerprint density at radius 3 is 2.65 bits per heavy atom. The lowest BCUT2D eigenvalue weighted by atomic mass is 9.91. The molecule has 0 aliphatic carbocycles. The molecule has 3 rings (SSSR count). The Kier molecular flexibility index (Phi) is 5.53. The zero-order valence-electron chi connectivity index (χ0n) is 14.3. The first-order valence-corrected chi connectivity index (χ1v) is 8.83. The highest BCUT2D eigenvalue weighted by molar-refractivity contribution is 6.35. The second-order valence-corrected chi connectivity index (χ2v) is 7.13. The van der Waals surface area contributed by atoms with Crippen LogP contribution in [0.4, 0.5) is 8.78 Å². The summed E-state index contributed by atoms with van der Waals surface area (Å²) in [6, 6.07) is 3.37. The molecular formula is C19H19ClF2N2O2. The molecule has 1 fully saturated rings. The van der Waals surface area contributed by atoms with E-state index < -0.39 is 23.0 Å². The van der Waals surface area contributed by atoms with Crippen LogP contribution < -0.4 is 0 Å². The number of carbonyl (C=O) groups is 2. The molecule has 1 saturated heterocycles. The SMILES string of the molecule is CN1CCC(CC(=O)c2cc(C(=O)c3c(Cl)ccc(F)c3F)c[nH]2)CC1. The van der Waals surface area contributed by atoms with Crippen LogP contribution in [0.2, 0.25) is 5.02 Å². The van der Waals surface area contributed by atoms with Gasteiger partial charge in [0.05, 0.1) is 16.3 Å². The summed E-state index contributed by atoms with van der Waals surface area (Å²) in [5.41, 5.74) is -0.164. The topological polar surface area (TPSA) is 53.2 Å². The average molecular weight is 381 g/mol. The molecule has 1 aromatic heterocycles. The molecule has 0 spiro atoms. The van der Waals surface area contributed by atoms with Gasteiger partial charge in [-0.3, -0.25) is 9.59 Å². The maximum atomic E-state index is 13.9. The number of ketones is 2. The van der Waals surface area contributed by atoms with Crippen molar-refractivity contribution in [1.29, 1.82) is 0 Å². The molecule has 2 heterocycles. The Hall–Kier alpha value is -2.05. The predicted molar refractivity (Wildman–Crippen MR) is 94.8 cm³/mol. The van der Waals surface area contributed by atoms with Crippen molar-refractivity contribution < 1.29 is 18.4 Å². The van der Waals surface area contributed by atoms with Crippen molar-refractivity contribution in [3.8, 4) is 0 Å². The first-order valence-electron chi connectivity index (χ1n) is 8.45. The Morgan fingerprint density at radius 1 is 1.27 bits per heavy atom. The lowest BCUT2D eigenvalue weighted by Gasteiger charge is -2.28. The monoisotopic (exact) mass is 380 g/mol. The van der Waals surface area contributed by atoms with Crippen LogP contribution in [-0.2, 0) is 0 Å². The summed E-state index contributed by atoms with van der Waals surface area (Å²) in [4.78, 5) is 29.9. The van der Waals surface area contributed by atoms with Crippen molar-refractivity contribution in [2.75, 3.05) is 20.1 Å². The van der Waals surface area contributed by atoms with Gasteiger partial charge in [-0.15, -0.1) is 0 Å². The molecule has 0 bridgehead atoms. The van der Waals surface area contributed by atoms with Gasteiger partial charge in [-0.25, -0.2) is 8.78 Å². The van der Waals surface area contributed by atoms with Crippen molar-refractivity contribution in [3.63, 3.8) is 0 Å². The molecule has 26 heavy (non-hydrogen) atoms. The molecule has 0 unspecified atom stereocenters. The minimum absolute atomic E-state index is 0.0723. The summed E-state index contributed by atoms with van der Waals surface area (Å²) >= 11 is 5.85. The molecule has 1 aromatic carbocycles. The first-order chi connectivity index (χ1) is 12.4. The van der Waals surface area contributed by atoms with Crippen LogP contribution in [0.15, 0.2) is 24.4 Å². The van der Waals surface area contributed by atoms with Crippen molar-refractivity contribution >= 4 is 23.2 Å². The molecule has 0 amide bonds. The van der Waals surface area contributed by atoms with Gasteiger partial charge in [0, 0.05) is 18.2 Å². The predicted octanol–water partition coefficient (Wildman–Crippen LogP) is 4.09. The number of aromatic amines is 1. The van der Waals surface area contributed by atoms with Gasteiger partial charge in [-0.05, 0) is 57.1 Å². The van der Waals surface area contributed by atoms with Crippen LogP contribution >= 0.6 is 11.6 Å². The number of H-pyrrole nitrogens is 1. The van der Waals surface area contributed by atoms with Crippen molar-refractivity contribution in [2.45, 2.75) is 19.3 Å². The number of hydrogen-bond donors (Lipinski definition) is 1. The number of carbonyl (C=O) groups excluding carboxylic acids is 2. The fourth-order valence-electron chi connectivity index (χ4n) is 3.20. The summed E-state index contributed by atoms with van der Waals surface area (Å²) in [7, 11) is 2.05. The molecular weight excluding hydrogens is 362 g/mol. The lowest BCUT2D eigenvalue weighted by Crippen LogP contribution is -2.31. The second kappa shape index (κ2) is 7.68. The molecule has 1 N–H and O–H groups in total. The number of likely N-dealkylation sites (tertiary alicyclic amines) is 1. The average Bonchev–Trinajstić information content (AvgIpc) is 3.11. The van der Waals surface area contributed by atoms with E-state index in [4.69, 9.17) is 11.6 Å². The third kappa shape index (κ3) is 3.86. The standard InChI is InChI=1S/C19H19ClF2N2O2/c1-24-6-4-11(5-7-24)8-16(25)15-9-12(10-23-15)19(26)17-13(20)2-3-14(21)18(17)22/h2-3,9-11,23H,4-8H2,1H3. The van der Waals surface area contributed by atoms with Crippen LogP contribution in [0.1, 0.15) is 45.7 Å². The maximum Gasteiger partial charge on any atom is 0.199 e. The normalized spacial score (nSPS) is 16.0. The van der Waals surface area contributed by atoms with Crippen molar-refractivity contribution in [1.82, 2.24) is 9.88 Å². The number of Topliss-reactive ketones (excluding diaryl/α,β-unsaturated/α-hetero) is 1. The molecule has 1 aliphatic heterocycles. The third-order valence-electron chi connectivity index (χ3n) is 4.83. The van der Waals surface area contributed by atoms with E-state index in [0.29, 0.717) is 18.0 Å². The summed E-state index contributed by atoms with van der Waals surface area (Å²) in [5, 5.41) is -0.172. The van der Waals surface area contributed by atoms with E-state index in [9.17, 15) is 18.4 Å². The molecule has 0 radical (unpaired) electrons. The lowest BCUT2D eigenvalue weighted by molar-refractivity contribution is 0.0931. The Bertz CT molecular complexity index is 842. The minimum atomic E-state index is -1.29. The fraction of sp³-hybridized carbons (Fsp3) is 0.368. The van der Waals surface area contributed by atoms with Gasteiger partial charge in [-0.1, -0.05) is 11.6 Å². The number of benzene rings is 1. The zero-order chi connectivity index (χ0) is 18.8. The third-order valence-corrected chi connectivity index (χ3v) is 5.14. The molecule has 0 atom stereocenters. The maximum absolute atomic E-state index is 13.9. The van der Waals surface area contributed by atoms with Crippen LogP contribution in [0.3, 0.4) is 0 Å². The Morgan fingerprint density at radius 2 is 1.96 bits per heavy atom. The minimum Gasteiger partial charge on any atom is -0.358 e. The highest BCUT2D eigenvalue weighted by atomic mass is 35.5. The zero-order valence-corrected chi connectivity index (χ0v) is 15.1. The molecule has 138 valence electrons. The summed E-state index contributed by atoms with van der Waals surface area (Å²) in [6.07, 6.45) is 3.64. The number of piperidine rings is 1. The molecule has 4 nitrogen and oxygen atoms in total. The molecule has 2 aromatic rings. The van der Waals surface area contributed by atoms with Gasteiger partial charge in [0.2, 0.25) is 0 Å². The van der Waals surface area contributed by atoms with Gasteiger partial charge in [0.15, 0.2) is 23.2 Å². The van der Waals surface area contributed by atoms with E-state index in [0.717, 1.165) is 38.1 Å². The summed E-state index contributed by atoms with van der Waals surface area (Å²) < 4.78 is 27.3. The van der Waals surface area contributed by atoms with Crippen LogP contribution in [0, 0.1) is 17.6 Å². The number of rotatable bonds is 5. The quantitative estimate of drug-likeness (QED) is 0.627. The van der Waals surface area contributed by atoms with E-state index in [1.807, 2.05) is 0 Å². The van der Waals surface area contributed by atoms with Crippen LogP contribution in [0.5, 0.6) is 0 Å². The second-order valence-electron chi connectivity index (χ2n) is 6.72. The molecule has 0 saturated carbocycles. The fourth-order valence-corrected chi connectivity index (χ4v) is 3.44. The highest BCUT2D eigenvalue weighted by Gasteiger charge is 2.24. The number of nitrogens with zero attached hydrogens (tertiary/aromatic N) is 1. The number of halogens is 3. The first kappa shape index (κ1) is 18.7. The summed E-state index contributed by atoms with van der Waals surface area (Å²) in [6.45, 7) is 1.92.